The molecule has 0 bridgehead atoms. The maximum absolute atomic E-state index is 12.5. The predicted molar refractivity (Wildman–Crippen MR) is 92.1 cm³/mol. The summed E-state index contributed by atoms with van der Waals surface area (Å²) in [4.78, 5) is 24.9. The molecule has 2 amide bonds. The lowest BCUT2D eigenvalue weighted by molar-refractivity contribution is -0.126. The highest BCUT2D eigenvalue weighted by atomic mass is 16.5. The zero-order chi connectivity index (χ0) is 17.2. The Morgan fingerprint density at radius 1 is 1.08 bits per heavy atom. The van der Waals surface area contributed by atoms with Crippen LogP contribution in [0.1, 0.15) is 73.2 Å². The third-order valence-corrected chi connectivity index (χ3v) is 5.83. The molecule has 0 spiro atoms. The molecule has 6 heteroatoms. The molecule has 0 radical (unpaired) electrons. The monoisotopic (exact) mass is 345 g/mol. The first-order valence-corrected chi connectivity index (χ1v) is 9.76. The van der Waals surface area contributed by atoms with Crippen LogP contribution in [0, 0.1) is 11.8 Å². The number of hydrogen-bond acceptors (Lipinski definition) is 4. The molecule has 3 aliphatic carbocycles. The van der Waals surface area contributed by atoms with Crippen LogP contribution in [0.2, 0.25) is 0 Å². The topological polar surface area (TPSA) is 84.2 Å². The Bertz CT molecular complexity index is 644. The summed E-state index contributed by atoms with van der Waals surface area (Å²) in [5, 5.41) is 10.2. The van der Waals surface area contributed by atoms with Crippen molar-refractivity contribution in [2.75, 3.05) is 6.54 Å². The molecule has 2 saturated carbocycles. The summed E-state index contributed by atoms with van der Waals surface area (Å²) < 4.78 is 5.38. The van der Waals surface area contributed by atoms with Crippen molar-refractivity contribution in [3.8, 4) is 0 Å². The molecular weight excluding hydrogens is 318 g/mol. The van der Waals surface area contributed by atoms with Gasteiger partial charge in [-0.05, 0) is 44.4 Å². The van der Waals surface area contributed by atoms with E-state index in [9.17, 15) is 9.59 Å². The van der Waals surface area contributed by atoms with Gasteiger partial charge in [-0.3, -0.25) is 9.59 Å². The number of carbonyl (C=O) groups excluding carboxylic acids is 2. The Morgan fingerprint density at radius 2 is 1.88 bits per heavy atom. The van der Waals surface area contributed by atoms with E-state index in [0.717, 1.165) is 56.4 Å². The van der Waals surface area contributed by atoms with Gasteiger partial charge in [0.2, 0.25) is 5.91 Å². The van der Waals surface area contributed by atoms with Gasteiger partial charge >= 0.3 is 0 Å². The molecule has 6 nitrogen and oxygen atoms in total. The first-order valence-electron chi connectivity index (χ1n) is 9.76. The highest BCUT2D eigenvalue weighted by Gasteiger charge is 2.31. The van der Waals surface area contributed by atoms with Crippen molar-refractivity contribution in [2.24, 2.45) is 11.8 Å². The van der Waals surface area contributed by atoms with Crippen LogP contribution >= 0.6 is 0 Å². The molecule has 2 fully saturated rings. The first kappa shape index (κ1) is 16.6. The summed E-state index contributed by atoms with van der Waals surface area (Å²) in [5.74, 6) is 1.65. The van der Waals surface area contributed by atoms with Gasteiger partial charge in [0, 0.05) is 30.5 Å². The number of carbonyl (C=O) groups is 2. The van der Waals surface area contributed by atoms with Crippen LogP contribution in [0.25, 0.3) is 0 Å². The van der Waals surface area contributed by atoms with Gasteiger partial charge in [-0.2, -0.15) is 0 Å². The van der Waals surface area contributed by atoms with E-state index in [2.05, 4.69) is 15.8 Å². The lowest BCUT2D eigenvalue weighted by atomic mass is 9.87. The van der Waals surface area contributed by atoms with E-state index in [0.29, 0.717) is 18.0 Å². The lowest BCUT2D eigenvalue weighted by Gasteiger charge is -2.26. The largest absolute Gasteiger partial charge is 0.360 e. The summed E-state index contributed by atoms with van der Waals surface area (Å²) in [7, 11) is 0. The van der Waals surface area contributed by atoms with Crippen molar-refractivity contribution in [1.29, 1.82) is 0 Å². The molecule has 136 valence electrons. The standard InChI is InChI=1S/C19H27N3O3/c23-18(13-4-2-1-3-5-13)21-14-8-9-16-15(10-14)17(22-25-16)19(24)20-11-12-6-7-12/h12-14H,1-11H2,(H,20,24)(H,21,23). The summed E-state index contributed by atoms with van der Waals surface area (Å²) >= 11 is 0. The highest BCUT2D eigenvalue weighted by molar-refractivity contribution is 5.94. The second-order valence-electron chi connectivity index (χ2n) is 7.87. The SMILES string of the molecule is O=C(NCC1CC1)c1noc2c1CC(NC(=O)C1CCCCC1)CC2. The van der Waals surface area contributed by atoms with Crippen LogP contribution in [0.5, 0.6) is 0 Å². The number of aromatic nitrogens is 1. The maximum Gasteiger partial charge on any atom is 0.273 e. The number of fused-ring (bicyclic) bond motifs is 1. The maximum atomic E-state index is 12.5. The minimum Gasteiger partial charge on any atom is -0.360 e. The van der Waals surface area contributed by atoms with Crippen LogP contribution in [0.15, 0.2) is 4.52 Å². The van der Waals surface area contributed by atoms with E-state index < -0.39 is 0 Å². The second-order valence-corrected chi connectivity index (χ2v) is 7.87. The molecule has 4 rings (SSSR count). The minimum absolute atomic E-state index is 0.0799. The van der Waals surface area contributed by atoms with Gasteiger partial charge in [0.25, 0.3) is 5.91 Å². The molecule has 3 aliphatic rings. The fourth-order valence-corrected chi connectivity index (χ4v) is 4.03. The predicted octanol–water partition coefficient (Wildman–Crippen LogP) is 2.37. The Hall–Kier alpha value is -1.85. The summed E-state index contributed by atoms with van der Waals surface area (Å²) in [6.07, 6.45) is 10.2. The zero-order valence-corrected chi connectivity index (χ0v) is 14.7. The Kier molecular flexibility index (Phi) is 4.77. The van der Waals surface area contributed by atoms with Gasteiger partial charge in [0.1, 0.15) is 5.76 Å². The number of rotatable bonds is 5. The molecule has 0 aromatic carbocycles. The average Bonchev–Trinajstić information content (AvgIpc) is 3.38. The number of nitrogens with zero attached hydrogens (tertiary/aromatic N) is 1. The highest BCUT2D eigenvalue weighted by Crippen LogP contribution is 2.29. The van der Waals surface area contributed by atoms with Crippen molar-refractivity contribution < 1.29 is 14.1 Å². The second kappa shape index (κ2) is 7.18. The van der Waals surface area contributed by atoms with E-state index in [1.807, 2.05) is 0 Å². The molecule has 1 aromatic rings. The number of nitrogens with one attached hydrogen (secondary N) is 2. The van der Waals surface area contributed by atoms with Crippen LogP contribution in [-0.4, -0.2) is 29.6 Å². The lowest BCUT2D eigenvalue weighted by Crippen LogP contribution is -2.42. The quantitative estimate of drug-likeness (QED) is 0.858. The van der Waals surface area contributed by atoms with Crippen LogP contribution in [-0.2, 0) is 17.6 Å². The fraction of sp³-hybridized carbons (Fsp3) is 0.737. The Balaban J connectivity index is 1.37. The van der Waals surface area contributed by atoms with E-state index in [-0.39, 0.29) is 23.8 Å². The van der Waals surface area contributed by atoms with Crippen molar-refractivity contribution in [2.45, 2.75) is 70.3 Å². The van der Waals surface area contributed by atoms with Crippen molar-refractivity contribution >= 4 is 11.8 Å². The molecule has 0 saturated heterocycles. The Morgan fingerprint density at radius 3 is 2.64 bits per heavy atom. The fourth-order valence-electron chi connectivity index (χ4n) is 4.03. The van der Waals surface area contributed by atoms with Gasteiger partial charge < -0.3 is 15.2 Å². The van der Waals surface area contributed by atoms with Gasteiger partial charge in [-0.15, -0.1) is 0 Å². The number of hydrogen-bond donors (Lipinski definition) is 2. The average molecular weight is 345 g/mol. The normalized spacial score (nSPS) is 23.8. The van der Waals surface area contributed by atoms with E-state index >= 15 is 0 Å². The summed E-state index contributed by atoms with van der Waals surface area (Å²) in [6.45, 7) is 0.725. The number of aryl methyl sites for hydroxylation is 1. The molecule has 1 atom stereocenters. The molecule has 25 heavy (non-hydrogen) atoms. The molecule has 0 aliphatic heterocycles. The molecule has 1 unspecified atom stereocenters. The Labute approximate surface area is 148 Å². The van der Waals surface area contributed by atoms with Gasteiger partial charge in [0.05, 0.1) is 0 Å². The van der Waals surface area contributed by atoms with Gasteiger partial charge in [-0.25, -0.2) is 0 Å². The van der Waals surface area contributed by atoms with Crippen LogP contribution < -0.4 is 10.6 Å². The smallest absolute Gasteiger partial charge is 0.273 e. The minimum atomic E-state index is -0.142. The first-order chi connectivity index (χ1) is 12.2. The van der Waals surface area contributed by atoms with Crippen molar-refractivity contribution in [1.82, 2.24) is 15.8 Å². The summed E-state index contributed by atoms with van der Waals surface area (Å²) in [5.41, 5.74) is 1.29. The van der Waals surface area contributed by atoms with E-state index in [1.165, 1.54) is 19.3 Å². The van der Waals surface area contributed by atoms with Crippen molar-refractivity contribution in [3.63, 3.8) is 0 Å². The van der Waals surface area contributed by atoms with Crippen molar-refractivity contribution in [3.05, 3.63) is 17.0 Å². The third kappa shape index (κ3) is 3.88. The van der Waals surface area contributed by atoms with Crippen LogP contribution in [0.4, 0.5) is 0 Å². The molecule has 2 N–H and O–H groups in total. The molecule has 1 heterocycles. The number of amides is 2. The third-order valence-electron chi connectivity index (χ3n) is 5.83. The zero-order valence-electron chi connectivity index (χ0n) is 14.7. The molecular formula is C19H27N3O3. The van der Waals surface area contributed by atoms with Gasteiger partial charge in [-0.1, -0.05) is 24.4 Å². The van der Waals surface area contributed by atoms with Gasteiger partial charge in [0.15, 0.2) is 5.69 Å². The molecule has 1 aromatic heterocycles. The van der Waals surface area contributed by atoms with E-state index in [1.54, 1.807) is 0 Å². The van der Waals surface area contributed by atoms with Crippen LogP contribution in [0.3, 0.4) is 0 Å². The van der Waals surface area contributed by atoms with E-state index in [4.69, 9.17) is 4.52 Å². The summed E-state index contributed by atoms with van der Waals surface area (Å²) in [6, 6.07) is 0.0799.